The van der Waals surface area contributed by atoms with Gasteiger partial charge in [0.15, 0.2) is 6.61 Å². The van der Waals surface area contributed by atoms with Crippen LogP contribution in [0.15, 0.2) is 41.3 Å². The van der Waals surface area contributed by atoms with Gasteiger partial charge in [-0.3, -0.25) is 9.59 Å². The lowest BCUT2D eigenvalue weighted by Crippen LogP contribution is -2.31. The average Bonchev–Trinajstić information content (AvgIpc) is 2.54. The second-order valence-electron chi connectivity index (χ2n) is 4.95. The van der Waals surface area contributed by atoms with E-state index in [-0.39, 0.29) is 18.1 Å². The number of benzene rings is 1. The third kappa shape index (κ3) is 5.74. The van der Waals surface area contributed by atoms with Crippen LogP contribution in [0.5, 0.6) is 5.75 Å². The van der Waals surface area contributed by atoms with Crippen molar-refractivity contribution >= 4 is 40.7 Å². The lowest BCUT2D eigenvalue weighted by molar-refractivity contribution is -0.123. The van der Waals surface area contributed by atoms with Gasteiger partial charge < -0.3 is 14.6 Å². The molecule has 128 valence electrons. The van der Waals surface area contributed by atoms with Crippen LogP contribution in [-0.4, -0.2) is 23.6 Å². The Labute approximate surface area is 154 Å². The van der Waals surface area contributed by atoms with Crippen LogP contribution in [0, 0.1) is 0 Å². The molecule has 0 spiro atoms. The van der Waals surface area contributed by atoms with E-state index in [1.807, 2.05) is 0 Å². The molecule has 0 fully saturated rings. The largest absolute Gasteiger partial charge is 0.482 e. The van der Waals surface area contributed by atoms with Crippen molar-refractivity contribution in [3.05, 3.63) is 62.0 Å². The molecule has 24 heavy (non-hydrogen) atoms. The predicted molar refractivity (Wildman–Crippen MR) is 95.3 cm³/mol. The van der Waals surface area contributed by atoms with Gasteiger partial charge in [-0.25, -0.2) is 0 Å². The monoisotopic (exact) mass is 388 g/mol. The van der Waals surface area contributed by atoms with Gasteiger partial charge in [0, 0.05) is 30.4 Å². The van der Waals surface area contributed by atoms with Gasteiger partial charge in [0.05, 0.1) is 10.0 Å². The molecule has 0 bridgehead atoms. The van der Waals surface area contributed by atoms with Crippen molar-refractivity contribution in [2.45, 2.75) is 13.0 Å². The highest BCUT2D eigenvalue weighted by Gasteiger charge is 2.06. The van der Waals surface area contributed by atoms with Gasteiger partial charge in [0.2, 0.25) is 0 Å². The Bertz CT molecular complexity index is 777. The summed E-state index contributed by atoms with van der Waals surface area (Å²) >= 11 is 17.6. The molecule has 8 heteroatoms. The molecule has 0 saturated heterocycles. The summed E-state index contributed by atoms with van der Waals surface area (Å²) in [5, 5.41) is 4.04. The summed E-state index contributed by atoms with van der Waals surface area (Å²) in [5.74, 6) is 0.112. The van der Waals surface area contributed by atoms with E-state index in [0.29, 0.717) is 40.3 Å². The zero-order valence-electron chi connectivity index (χ0n) is 12.6. The number of aryl methyl sites for hydroxylation is 1. The van der Waals surface area contributed by atoms with Gasteiger partial charge in [-0.05, 0) is 30.7 Å². The first kappa shape index (κ1) is 18.6. The Morgan fingerprint density at radius 2 is 1.88 bits per heavy atom. The highest BCUT2D eigenvalue weighted by Crippen LogP contribution is 2.27. The lowest BCUT2D eigenvalue weighted by Gasteiger charge is -2.09. The maximum Gasteiger partial charge on any atom is 0.257 e. The fourth-order valence-electron chi connectivity index (χ4n) is 1.94. The van der Waals surface area contributed by atoms with Crippen LogP contribution in [0.1, 0.15) is 6.42 Å². The van der Waals surface area contributed by atoms with Crippen molar-refractivity contribution in [2.24, 2.45) is 0 Å². The van der Waals surface area contributed by atoms with E-state index in [1.54, 1.807) is 30.5 Å². The molecule has 2 rings (SSSR count). The van der Waals surface area contributed by atoms with Crippen LogP contribution in [0.2, 0.25) is 15.1 Å². The number of carbonyl (C=O) groups is 1. The van der Waals surface area contributed by atoms with Gasteiger partial charge in [-0.2, -0.15) is 0 Å². The van der Waals surface area contributed by atoms with Crippen LogP contribution >= 0.6 is 34.8 Å². The predicted octanol–water partition coefficient (Wildman–Crippen LogP) is 3.39. The number of hydrogen-bond acceptors (Lipinski definition) is 3. The molecule has 0 aliphatic carbocycles. The van der Waals surface area contributed by atoms with Crippen LogP contribution in [0.25, 0.3) is 0 Å². The van der Waals surface area contributed by atoms with E-state index in [1.165, 1.54) is 10.6 Å². The molecule has 1 amide bonds. The minimum absolute atomic E-state index is 0.133. The second kappa shape index (κ2) is 8.97. The van der Waals surface area contributed by atoms with Crippen LogP contribution < -0.4 is 15.6 Å². The number of hydrogen-bond donors (Lipinski definition) is 1. The van der Waals surface area contributed by atoms with E-state index in [2.05, 4.69) is 5.32 Å². The molecule has 1 heterocycles. The first-order chi connectivity index (χ1) is 11.5. The maximum absolute atomic E-state index is 11.7. The number of carbonyl (C=O) groups excluding carboxylic acids is 1. The minimum Gasteiger partial charge on any atom is -0.482 e. The van der Waals surface area contributed by atoms with E-state index < -0.39 is 0 Å². The molecule has 0 saturated carbocycles. The van der Waals surface area contributed by atoms with Gasteiger partial charge in [-0.1, -0.05) is 34.8 Å². The molecule has 0 radical (unpaired) electrons. The van der Waals surface area contributed by atoms with Crippen LogP contribution in [0.4, 0.5) is 0 Å². The Kier molecular flexibility index (Phi) is 6.97. The van der Waals surface area contributed by atoms with Crippen molar-refractivity contribution in [3.8, 4) is 5.75 Å². The average molecular weight is 390 g/mol. The number of amides is 1. The molecule has 5 nitrogen and oxygen atoms in total. The Morgan fingerprint density at radius 1 is 1.12 bits per heavy atom. The molecular formula is C16H15Cl3N2O3. The molecular weight excluding hydrogens is 375 g/mol. The quantitative estimate of drug-likeness (QED) is 0.738. The molecule has 2 aromatic rings. The van der Waals surface area contributed by atoms with Gasteiger partial charge in [0.25, 0.3) is 11.5 Å². The summed E-state index contributed by atoms with van der Waals surface area (Å²) in [6, 6.07) is 7.72. The molecule has 0 unspecified atom stereocenters. The number of nitrogens with zero attached hydrogens (tertiary/aromatic N) is 1. The Morgan fingerprint density at radius 3 is 2.62 bits per heavy atom. The fraction of sp³-hybridized carbons (Fsp3) is 0.250. The maximum atomic E-state index is 11.7. The topological polar surface area (TPSA) is 60.3 Å². The molecule has 1 N–H and O–H groups in total. The summed E-state index contributed by atoms with van der Waals surface area (Å²) in [7, 11) is 0. The number of aromatic nitrogens is 1. The summed E-state index contributed by atoms with van der Waals surface area (Å²) in [5.41, 5.74) is -0.133. The molecule has 0 atom stereocenters. The second-order valence-corrected chi connectivity index (χ2v) is 6.23. The number of halogens is 3. The molecule has 0 aliphatic rings. The first-order valence-electron chi connectivity index (χ1n) is 7.16. The number of pyridine rings is 1. The SMILES string of the molecule is O=C(COc1ccc(Cl)cc1Cl)NCCCn1cc(Cl)ccc1=O. The van der Waals surface area contributed by atoms with Gasteiger partial charge >= 0.3 is 0 Å². The number of nitrogens with one attached hydrogen (secondary N) is 1. The van der Waals surface area contributed by atoms with Crippen molar-refractivity contribution < 1.29 is 9.53 Å². The summed E-state index contributed by atoms with van der Waals surface area (Å²) in [4.78, 5) is 23.3. The van der Waals surface area contributed by atoms with Crippen molar-refractivity contribution in [1.82, 2.24) is 9.88 Å². The van der Waals surface area contributed by atoms with E-state index in [0.717, 1.165) is 0 Å². The minimum atomic E-state index is -0.278. The Hall–Kier alpha value is -1.69. The lowest BCUT2D eigenvalue weighted by atomic mass is 10.3. The third-order valence-corrected chi connectivity index (χ3v) is 3.85. The van der Waals surface area contributed by atoms with E-state index in [9.17, 15) is 9.59 Å². The first-order valence-corrected chi connectivity index (χ1v) is 8.29. The van der Waals surface area contributed by atoms with Crippen molar-refractivity contribution in [2.75, 3.05) is 13.2 Å². The molecule has 0 aliphatic heterocycles. The van der Waals surface area contributed by atoms with Crippen molar-refractivity contribution in [3.63, 3.8) is 0 Å². The zero-order chi connectivity index (χ0) is 17.5. The standard InChI is InChI=1S/C16H15Cl3N2O3/c17-11-2-4-14(13(19)8-11)24-10-15(22)20-6-1-7-21-9-12(18)3-5-16(21)23/h2-5,8-9H,1,6-7,10H2,(H,20,22). The normalized spacial score (nSPS) is 10.5. The third-order valence-electron chi connectivity index (χ3n) is 3.10. The number of rotatable bonds is 7. The highest BCUT2D eigenvalue weighted by molar-refractivity contribution is 6.35. The molecule has 1 aromatic carbocycles. The van der Waals surface area contributed by atoms with Crippen LogP contribution in [-0.2, 0) is 11.3 Å². The fourth-order valence-corrected chi connectivity index (χ4v) is 2.58. The zero-order valence-corrected chi connectivity index (χ0v) is 14.9. The van der Waals surface area contributed by atoms with E-state index in [4.69, 9.17) is 39.5 Å². The summed E-state index contributed by atoms with van der Waals surface area (Å²) in [6.07, 6.45) is 2.16. The summed E-state index contributed by atoms with van der Waals surface area (Å²) < 4.78 is 6.83. The van der Waals surface area contributed by atoms with Gasteiger partial charge in [0.1, 0.15) is 5.75 Å². The summed E-state index contributed by atoms with van der Waals surface area (Å²) in [6.45, 7) is 0.720. The van der Waals surface area contributed by atoms with E-state index >= 15 is 0 Å². The number of ether oxygens (including phenoxy) is 1. The van der Waals surface area contributed by atoms with Crippen LogP contribution in [0.3, 0.4) is 0 Å². The smallest absolute Gasteiger partial charge is 0.257 e. The highest BCUT2D eigenvalue weighted by atomic mass is 35.5. The van der Waals surface area contributed by atoms with Crippen molar-refractivity contribution in [1.29, 1.82) is 0 Å². The Balaban J connectivity index is 1.71. The molecule has 1 aromatic heterocycles. The van der Waals surface area contributed by atoms with Gasteiger partial charge in [-0.15, -0.1) is 0 Å².